The summed E-state index contributed by atoms with van der Waals surface area (Å²) in [5.74, 6) is 0.528. The average Bonchev–Trinajstić information content (AvgIpc) is 3.00. The smallest absolute Gasteiger partial charge is 0.0889 e. The van der Waals surface area contributed by atoms with E-state index in [2.05, 4.69) is 115 Å². The first-order chi connectivity index (χ1) is 19.0. The highest BCUT2D eigenvalue weighted by Crippen LogP contribution is 2.35. The average molecular weight is 517 g/mol. The fourth-order valence-corrected chi connectivity index (χ4v) is 5.50. The summed E-state index contributed by atoms with van der Waals surface area (Å²) in [6.45, 7) is 7.57. The zero-order chi connectivity index (χ0) is 27.2. The van der Waals surface area contributed by atoms with Gasteiger partial charge in [-0.1, -0.05) is 81.3 Å². The number of anilines is 2. The molecule has 1 aromatic heterocycles. The molecule has 0 saturated heterocycles. The predicted molar refractivity (Wildman–Crippen MR) is 165 cm³/mol. The highest BCUT2D eigenvalue weighted by Gasteiger charge is 2.22. The lowest BCUT2D eigenvalue weighted by Crippen LogP contribution is -2.27. The summed E-state index contributed by atoms with van der Waals surface area (Å²) < 4.78 is 0. The quantitative estimate of drug-likeness (QED) is 0.223. The molecule has 0 atom stereocenters. The molecule has 1 heterocycles. The maximum Gasteiger partial charge on any atom is 0.0889 e. The van der Waals surface area contributed by atoms with E-state index in [4.69, 9.17) is 4.98 Å². The molecule has 4 nitrogen and oxygen atoms in total. The van der Waals surface area contributed by atoms with Gasteiger partial charge in [0.15, 0.2) is 0 Å². The standard InChI is InChI=1S/C35H40N4/c1-5-32-23-36-24-35(37-32)31-12-9-13-34(22-31)39(26(2)28-10-7-6-8-11-28)25-27-14-16-29(17-15-27)30-18-20-33(21-19-30)38(3)4/h9,12-24,28H,2,5-8,10-11,25H2,1,3-4H3. The van der Waals surface area contributed by atoms with Crippen molar-refractivity contribution in [3.05, 3.63) is 109 Å². The first-order valence-electron chi connectivity index (χ1n) is 14.3. The van der Waals surface area contributed by atoms with Gasteiger partial charge in [0.2, 0.25) is 0 Å². The van der Waals surface area contributed by atoms with Crippen LogP contribution in [0.15, 0.2) is 97.5 Å². The van der Waals surface area contributed by atoms with Gasteiger partial charge in [-0.15, -0.1) is 0 Å². The molecular formula is C35H40N4. The van der Waals surface area contributed by atoms with E-state index in [1.165, 1.54) is 60.2 Å². The van der Waals surface area contributed by atoms with Crippen LogP contribution in [0.5, 0.6) is 0 Å². The van der Waals surface area contributed by atoms with E-state index >= 15 is 0 Å². The Hall–Kier alpha value is -3.92. The number of aryl methyl sites for hydroxylation is 1. The van der Waals surface area contributed by atoms with E-state index in [-0.39, 0.29) is 0 Å². The summed E-state index contributed by atoms with van der Waals surface area (Å²) in [7, 11) is 4.14. The third kappa shape index (κ3) is 6.39. The number of benzene rings is 3. The van der Waals surface area contributed by atoms with Crippen LogP contribution < -0.4 is 9.80 Å². The Balaban J connectivity index is 1.43. The van der Waals surface area contributed by atoms with Crippen LogP contribution in [-0.4, -0.2) is 24.1 Å². The van der Waals surface area contributed by atoms with Crippen molar-refractivity contribution in [1.82, 2.24) is 9.97 Å². The Morgan fingerprint density at radius 3 is 2.18 bits per heavy atom. The maximum atomic E-state index is 4.83. The molecule has 0 aliphatic heterocycles. The van der Waals surface area contributed by atoms with Crippen molar-refractivity contribution in [1.29, 1.82) is 0 Å². The number of nitrogens with zero attached hydrogens (tertiary/aromatic N) is 4. The Labute approximate surface area is 234 Å². The van der Waals surface area contributed by atoms with Gasteiger partial charge in [0.25, 0.3) is 0 Å². The number of hydrogen-bond acceptors (Lipinski definition) is 4. The number of rotatable bonds is 9. The Bertz CT molecular complexity index is 1380. The third-order valence-electron chi connectivity index (χ3n) is 7.94. The Kier molecular flexibility index (Phi) is 8.41. The van der Waals surface area contributed by atoms with E-state index < -0.39 is 0 Å². The first kappa shape index (κ1) is 26.7. The van der Waals surface area contributed by atoms with Gasteiger partial charge in [-0.05, 0) is 66.1 Å². The monoisotopic (exact) mass is 516 g/mol. The molecule has 1 aliphatic carbocycles. The topological polar surface area (TPSA) is 32.3 Å². The van der Waals surface area contributed by atoms with Crippen molar-refractivity contribution in [2.75, 3.05) is 23.9 Å². The van der Waals surface area contributed by atoms with E-state index in [9.17, 15) is 0 Å². The molecule has 39 heavy (non-hydrogen) atoms. The van der Waals surface area contributed by atoms with Crippen LogP contribution in [-0.2, 0) is 13.0 Å². The third-order valence-corrected chi connectivity index (χ3v) is 7.94. The van der Waals surface area contributed by atoms with Gasteiger partial charge in [0.1, 0.15) is 0 Å². The molecule has 200 valence electrons. The maximum absolute atomic E-state index is 4.83. The minimum Gasteiger partial charge on any atom is -0.378 e. The molecule has 1 fully saturated rings. The van der Waals surface area contributed by atoms with Gasteiger partial charge < -0.3 is 9.80 Å². The largest absolute Gasteiger partial charge is 0.378 e. The van der Waals surface area contributed by atoms with Crippen molar-refractivity contribution in [2.24, 2.45) is 5.92 Å². The van der Waals surface area contributed by atoms with Gasteiger partial charge in [-0.3, -0.25) is 4.98 Å². The lowest BCUT2D eigenvalue weighted by molar-refractivity contribution is 0.396. The molecule has 0 N–H and O–H groups in total. The van der Waals surface area contributed by atoms with Gasteiger partial charge in [-0.2, -0.15) is 0 Å². The summed E-state index contributed by atoms with van der Waals surface area (Å²) in [6.07, 6.45) is 11.0. The van der Waals surface area contributed by atoms with Gasteiger partial charge in [0, 0.05) is 49.5 Å². The Morgan fingerprint density at radius 1 is 0.821 bits per heavy atom. The van der Waals surface area contributed by atoms with Crippen molar-refractivity contribution < 1.29 is 0 Å². The predicted octanol–water partition coefficient (Wildman–Crippen LogP) is 8.54. The Morgan fingerprint density at radius 2 is 1.51 bits per heavy atom. The lowest BCUT2D eigenvalue weighted by Gasteiger charge is -2.34. The molecule has 1 saturated carbocycles. The van der Waals surface area contributed by atoms with E-state index in [1.807, 2.05) is 12.4 Å². The summed E-state index contributed by atoms with van der Waals surface area (Å²) >= 11 is 0. The second kappa shape index (κ2) is 12.3. The number of allylic oxidation sites excluding steroid dienone is 1. The summed E-state index contributed by atoms with van der Waals surface area (Å²) in [5.41, 5.74) is 10.4. The molecule has 0 bridgehead atoms. The summed E-state index contributed by atoms with van der Waals surface area (Å²) in [4.78, 5) is 13.8. The summed E-state index contributed by atoms with van der Waals surface area (Å²) in [5, 5.41) is 0. The van der Waals surface area contributed by atoms with Crippen LogP contribution in [0.3, 0.4) is 0 Å². The zero-order valence-electron chi connectivity index (χ0n) is 23.6. The van der Waals surface area contributed by atoms with Gasteiger partial charge in [-0.25, -0.2) is 4.98 Å². The SMILES string of the molecule is C=C(C1CCCCC1)N(Cc1ccc(-c2ccc(N(C)C)cc2)cc1)c1cccc(-c2cncc(CC)n2)c1. The second-order valence-electron chi connectivity index (χ2n) is 10.9. The molecule has 5 rings (SSSR count). The van der Waals surface area contributed by atoms with Gasteiger partial charge >= 0.3 is 0 Å². The fraction of sp³-hybridized carbons (Fsp3) is 0.314. The van der Waals surface area contributed by atoms with Crippen molar-refractivity contribution in [2.45, 2.75) is 52.0 Å². The second-order valence-corrected chi connectivity index (χ2v) is 10.9. The molecule has 0 amide bonds. The van der Waals surface area contributed by atoms with Crippen LogP contribution in [0.2, 0.25) is 0 Å². The van der Waals surface area contributed by atoms with Crippen molar-refractivity contribution in [3.63, 3.8) is 0 Å². The highest BCUT2D eigenvalue weighted by atomic mass is 15.1. The van der Waals surface area contributed by atoms with E-state index in [0.717, 1.165) is 35.6 Å². The molecule has 0 spiro atoms. The number of aromatic nitrogens is 2. The van der Waals surface area contributed by atoms with E-state index in [1.54, 1.807) is 0 Å². The fourth-order valence-electron chi connectivity index (χ4n) is 5.50. The van der Waals surface area contributed by atoms with Crippen LogP contribution >= 0.6 is 0 Å². The lowest BCUT2D eigenvalue weighted by atomic mass is 9.86. The zero-order valence-corrected chi connectivity index (χ0v) is 23.6. The van der Waals surface area contributed by atoms with Crippen molar-refractivity contribution in [3.8, 4) is 22.4 Å². The summed E-state index contributed by atoms with van der Waals surface area (Å²) in [6, 6.07) is 26.5. The molecule has 3 aromatic carbocycles. The molecule has 1 aliphatic rings. The molecule has 4 heteroatoms. The molecule has 4 aromatic rings. The molecular weight excluding hydrogens is 476 g/mol. The van der Waals surface area contributed by atoms with Crippen molar-refractivity contribution >= 4 is 11.4 Å². The minimum absolute atomic E-state index is 0.528. The minimum atomic E-state index is 0.528. The highest BCUT2D eigenvalue weighted by molar-refractivity contribution is 5.68. The molecule has 0 unspecified atom stereocenters. The first-order valence-corrected chi connectivity index (χ1v) is 14.3. The van der Waals surface area contributed by atoms with Crippen LogP contribution in [0.1, 0.15) is 50.3 Å². The number of hydrogen-bond donors (Lipinski definition) is 0. The molecule has 0 radical (unpaired) electrons. The van der Waals surface area contributed by atoms with Crippen LogP contribution in [0.25, 0.3) is 22.4 Å². The normalized spacial score (nSPS) is 13.7. The van der Waals surface area contributed by atoms with Crippen LogP contribution in [0.4, 0.5) is 11.4 Å². The van der Waals surface area contributed by atoms with Crippen LogP contribution in [0, 0.1) is 5.92 Å². The van der Waals surface area contributed by atoms with Gasteiger partial charge in [0.05, 0.1) is 17.6 Å². The van der Waals surface area contributed by atoms with E-state index in [0.29, 0.717) is 5.92 Å².